The molecule has 42 heavy (non-hydrogen) atoms. The van der Waals surface area contributed by atoms with Crippen LogP contribution in [0.25, 0.3) is 10.6 Å². The third kappa shape index (κ3) is 5.96. The molecule has 4 heterocycles. The van der Waals surface area contributed by atoms with E-state index in [0.29, 0.717) is 36.2 Å². The lowest BCUT2D eigenvalue weighted by Gasteiger charge is -2.38. The van der Waals surface area contributed by atoms with Gasteiger partial charge in [0.1, 0.15) is 10.4 Å². The molecule has 0 aliphatic carbocycles. The summed E-state index contributed by atoms with van der Waals surface area (Å²) in [5, 5.41) is 6.42. The first-order valence-corrected chi connectivity index (χ1v) is 15.8. The molecular weight excluding hydrogens is 593 g/mol. The molecule has 2 aliphatic heterocycles. The van der Waals surface area contributed by atoms with Gasteiger partial charge >= 0.3 is 6.18 Å². The van der Waals surface area contributed by atoms with E-state index in [2.05, 4.69) is 25.5 Å². The summed E-state index contributed by atoms with van der Waals surface area (Å²) >= 11 is 0.681. The van der Waals surface area contributed by atoms with Crippen molar-refractivity contribution in [1.82, 2.24) is 20.2 Å². The number of piperazine rings is 1. The molecule has 2 aromatic heterocycles. The Bertz CT molecular complexity index is 1590. The van der Waals surface area contributed by atoms with Crippen molar-refractivity contribution in [3.63, 3.8) is 0 Å². The topological polar surface area (TPSA) is 117 Å². The first kappa shape index (κ1) is 30.2. The molecule has 1 fully saturated rings. The van der Waals surface area contributed by atoms with Gasteiger partial charge in [0.15, 0.2) is 9.84 Å². The zero-order valence-electron chi connectivity index (χ0n) is 23.3. The quantitative estimate of drug-likeness (QED) is 0.405. The number of anilines is 3. The molecule has 5 rings (SSSR count). The zero-order chi connectivity index (χ0) is 30.2. The predicted octanol–water partition coefficient (Wildman–Crippen LogP) is 3.81. The van der Waals surface area contributed by atoms with Crippen LogP contribution in [0.1, 0.15) is 27.7 Å². The van der Waals surface area contributed by atoms with E-state index in [-0.39, 0.29) is 38.9 Å². The van der Waals surface area contributed by atoms with E-state index in [4.69, 9.17) is 4.74 Å². The van der Waals surface area contributed by atoms with Crippen LogP contribution in [-0.4, -0.2) is 87.9 Å². The molecule has 0 radical (unpaired) electrons. The largest absolute Gasteiger partial charge is 0.420 e. The number of nitrogens with one attached hydrogen (secondary N) is 2. The number of halogens is 3. The molecule has 1 aromatic carbocycles. The normalized spacial score (nSPS) is 19.0. The number of ether oxygens (including phenoxy) is 1. The van der Waals surface area contributed by atoms with Crippen molar-refractivity contribution in [3.05, 3.63) is 46.5 Å². The standard InChI is InChI=1S/C27H31F3N6O4S2/c1-4-16-11-17(36-8-7-31-13-18(36)15-40-3)5-6-20(16)33-26-32-14-19(27(28,29)30)23(34-26)21-12-22-24(41-21)25(37)35(2)9-10-42(22,38)39/h5-6,11-12,14,18,31H,4,7-10,13,15H2,1-3H3,(H,32,33,34). The van der Waals surface area contributed by atoms with E-state index < -0.39 is 33.2 Å². The summed E-state index contributed by atoms with van der Waals surface area (Å²) in [5.74, 6) is -0.972. The highest BCUT2D eigenvalue weighted by Crippen LogP contribution is 2.42. The number of carbonyl (C=O) groups excluding carboxylic acids is 1. The van der Waals surface area contributed by atoms with Gasteiger partial charge in [-0.15, -0.1) is 11.3 Å². The highest BCUT2D eigenvalue weighted by atomic mass is 32.2. The molecule has 15 heteroatoms. The molecule has 1 amide bonds. The van der Waals surface area contributed by atoms with E-state index in [1.54, 1.807) is 7.11 Å². The molecule has 2 aliphatic rings. The molecule has 0 spiro atoms. The van der Waals surface area contributed by atoms with Crippen LogP contribution in [0.2, 0.25) is 0 Å². The van der Waals surface area contributed by atoms with Gasteiger partial charge in [-0.05, 0) is 36.2 Å². The van der Waals surface area contributed by atoms with Gasteiger partial charge in [0.25, 0.3) is 5.91 Å². The molecule has 3 aromatic rings. The van der Waals surface area contributed by atoms with Gasteiger partial charge in [0, 0.05) is 57.9 Å². The lowest BCUT2D eigenvalue weighted by Crippen LogP contribution is -2.53. The third-order valence-electron chi connectivity index (χ3n) is 7.35. The van der Waals surface area contributed by atoms with Crippen molar-refractivity contribution in [1.29, 1.82) is 0 Å². The Morgan fingerprint density at radius 2 is 2.02 bits per heavy atom. The summed E-state index contributed by atoms with van der Waals surface area (Å²) in [5.41, 5.74) is 0.922. The number of carbonyl (C=O) groups is 1. The van der Waals surface area contributed by atoms with Crippen molar-refractivity contribution < 1.29 is 31.1 Å². The Kier molecular flexibility index (Phi) is 8.47. The molecule has 10 nitrogen and oxygen atoms in total. The zero-order valence-corrected chi connectivity index (χ0v) is 24.9. The SMILES string of the molecule is CCc1cc(N2CCNCC2COC)ccc1Nc1ncc(C(F)(F)F)c(-c2cc3c(s2)C(=O)N(C)CCS3(=O)=O)n1. The number of thiophene rings is 1. The number of hydrogen-bond donors (Lipinski definition) is 2. The number of aromatic nitrogens is 2. The fourth-order valence-electron chi connectivity index (χ4n) is 5.09. The Morgan fingerprint density at radius 3 is 2.74 bits per heavy atom. The number of sulfone groups is 1. The van der Waals surface area contributed by atoms with E-state index in [1.165, 1.54) is 11.9 Å². The number of rotatable bonds is 7. The molecule has 0 bridgehead atoms. The minimum atomic E-state index is -4.81. The molecule has 2 N–H and O–H groups in total. The Morgan fingerprint density at radius 1 is 1.24 bits per heavy atom. The minimum Gasteiger partial charge on any atom is -0.383 e. The van der Waals surface area contributed by atoms with Crippen molar-refractivity contribution in [3.8, 4) is 10.6 Å². The fourth-order valence-corrected chi connectivity index (χ4v) is 8.12. The third-order valence-corrected chi connectivity index (χ3v) is 10.3. The van der Waals surface area contributed by atoms with Gasteiger partial charge in [-0.1, -0.05) is 6.92 Å². The van der Waals surface area contributed by atoms with Crippen LogP contribution < -0.4 is 15.5 Å². The van der Waals surface area contributed by atoms with Crippen LogP contribution >= 0.6 is 11.3 Å². The first-order valence-electron chi connectivity index (χ1n) is 13.4. The summed E-state index contributed by atoms with van der Waals surface area (Å²) < 4.78 is 73.2. The number of methoxy groups -OCH3 is 1. The highest BCUT2D eigenvalue weighted by Gasteiger charge is 2.38. The molecule has 0 saturated carbocycles. The maximum atomic E-state index is 14.1. The van der Waals surface area contributed by atoms with E-state index >= 15 is 0 Å². The Hall–Kier alpha value is -3.27. The molecule has 226 valence electrons. The number of nitrogens with zero attached hydrogens (tertiary/aromatic N) is 4. The van der Waals surface area contributed by atoms with Gasteiger partial charge < -0.3 is 25.2 Å². The van der Waals surface area contributed by atoms with Gasteiger partial charge in [-0.25, -0.2) is 18.4 Å². The molecule has 1 saturated heterocycles. The minimum absolute atomic E-state index is 0.00643. The maximum absolute atomic E-state index is 14.1. The van der Waals surface area contributed by atoms with Crippen LogP contribution in [0.5, 0.6) is 0 Å². The van der Waals surface area contributed by atoms with Crippen LogP contribution in [0.3, 0.4) is 0 Å². The van der Waals surface area contributed by atoms with E-state index in [0.717, 1.165) is 37.0 Å². The van der Waals surface area contributed by atoms with Crippen LogP contribution in [-0.2, 0) is 27.2 Å². The van der Waals surface area contributed by atoms with Crippen molar-refractivity contribution in [2.45, 2.75) is 30.5 Å². The first-order chi connectivity index (χ1) is 19.9. The number of fused-ring (bicyclic) bond motifs is 1. The molecular formula is C27H31F3N6O4S2. The summed E-state index contributed by atoms with van der Waals surface area (Å²) in [6.07, 6.45) is -3.50. The van der Waals surface area contributed by atoms with Gasteiger partial charge in [-0.3, -0.25) is 4.79 Å². The summed E-state index contributed by atoms with van der Waals surface area (Å²) in [6, 6.07) is 7.08. The summed E-state index contributed by atoms with van der Waals surface area (Å²) in [6.45, 7) is 4.94. The number of aryl methyl sites for hydroxylation is 1. The van der Waals surface area contributed by atoms with Crippen molar-refractivity contribution >= 4 is 44.4 Å². The smallest absolute Gasteiger partial charge is 0.383 e. The lowest BCUT2D eigenvalue weighted by molar-refractivity contribution is -0.137. The van der Waals surface area contributed by atoms with Crippen LogP contribution in [0.4, 0.5) is 30.5 Å². The second-order valence-electron chi connectivity index (χ2n) is 10.1. The summed E-state index contributed by atoms with van der Waals surface area (Å²) in [4.78, 5) is 24.0. The molecule has 1 atom stereocenters. The predicted molar refractivity (Wildman–Crippen MR) is 154 cm³/mol. The number of benzene rings is 1. The average Bonchev–Trinajstić information content (AvgIpc) is 3.40. The monoisotopic (exact) mass is 624 g/mol. The average molecular weight is 625 g/mol. The number of hydrogen-bond acceptors (Lipinski definition) is 10. The van der Waals surface area contributed by atoms with E-state index in [9.17, 15) is 26.4 Å². The Balaban J connectivity index is 1.52. The van der Waals surface area contributed by atoms with Gasteiger partial charge in [0.05, 0.1) is 33.9 Å². The van der Waals surface area contributed by atoms with Crippen molar-refractivity contribution in [2.24, 2.45) is 0 Å². The Labute approximate surface area is 245 Å². The van der Waals surface area contributed by atoms with E-state index in [1.807, 2.05) is 25.1 Å². The maximum Gasteiger partial charge on any atom is 0.420 e. The second kappa shape index (κ2) is 11.8. The van der Waals surface area contributed by atoms with Crippen LogP contribution in [0.15, 0.2) is 35.4 Å². The van der Waals surface area contributed by atoms with Crippen LogP contribution in [0, 0.1) is 0 Å². The van der Waals surface area contributed by atoms with Gasteiger partial charge in [-0.2, -0.15) is 13.2 Å². The number of alkyl halides is 3. The summed E-state index contributed by atoms with van der Waals surface area (Å²) in [7, 11) is -0.758. The molecule has 1 unspecified atom stereocenters. The lowest BCUT2D eigenvalue weighted by atomic mass is 10.1. The fraction of sp³-hybridized carbons (Fsp3) is 0.444. The van der Waals surface area contributed by atoms with Gasteiger partial charge in [0.2, 0.25) is 5.95 Å². The van der Waals surface area contributed by atoms with Crippen molar-refractivity contribution in [2.75, 3.05) is 62.9 Å². The second-order valence-corrected chi connectivity index (χ2v) is 13.3. The number of amides is 1. The highest BCUT2D eigenvalue weighted by molar-refractivity contribution is 7.91.